The number of nitro benzene ring substituents is 1. The summed E-state index contributed by atoms with van der Waals surface area (Å²) in [6, 6.07) is 15.3. The van der Waals surface area contributed by atoms with Crippen molar-refractivity contribution in [1.29, 1.82) is 0 Å². The molecule has 3 aromatic rings. The number of rotatable bonds is 6. The van der Waals surface area contributed by atoms with Crippen molar-refractivity contribution in [3.05, 3.63) is 69.1 Å². The Hall–Kier alpha value is -1.61. The molecule has 1 fully saturated rings. The maximum Gasteiger partial charge on any atom is 0.269 e. The Kier molecular flexibility index (Phi) is 11.0. The van der Waals surface area contributed by atoms with Gasteiger partial charge in [-0.05, 0) is 30.2 Å². The van der Waals surface area contributed by atoms with Gasteiger partial charge < -0.3 is 10.0 Å². The fraction of sp³-hybridized carbons (Fsp3) is 0.333. The van der Waals surface area contributed by atoms with Crippen molar-refractivity contribution in [2.45, 2.75) is 13.0 Å². The number of hydrogen-bond acceptors (Lipinski definition) is 6. The molecule has 31 heavy (non-hydrogen) atoms. The van der Waals surface area contributed by atoms with Gasteiger partial charge in [0.25, 0.3) is 5.69 Å². The Balaban J connectivity index is 0.00000160. The van der Waals surface area contributed by atoms with Crippen molar-refractivity contribution in [3.8, 4) is 0 Å². The molecule has 1 aliphatic heterocycles. The summed E-state index contributed by atoms with van der Waals surface area (Å²) in [4.78, 5) is 16.3. The van der Waals surface area contributed by atoms with Crippen molar-refractivity contribution in [3.63, 3.8) is 0 Å². The monoisotopic (exact) mass is 505 g/mol. The first-order valence-corrected chi connectivity index (χ1v) is 10.3. The summed E-state index contributed by atoms with van der Waals surface area (Å²) in [5, 5.41) is 21.4. The molecule has 0 atom stereocenters. The van der Waals surface area contributed by atoms with Crippen LogP contribution in [0.1, 0.15) is 10.4 Å². The summed E-state index contributed by atoms with van der Waals surface area (Å²) < 4.78 is 1.22. The van der Waals surface area contributed by atoms with Crippen molar-refractivity contribution in [1.82, 2.24) is 4.90 Å². The predicted octanol–water partition coefficient (Wildman–Crippen LogP) is 4.93. The summed E-state index contributed by atoms with van der Waals surface area (Å²) in [7, 11) is 0. The third-order valence-corrected chi connectivity index (χ3v) is 6.41. The van der Waals surface area contributed by atoms with Crippen molar-refractivity contribution in [2.24, 2.45) is 0 Å². The minimum absolute atomic E-state index is 0. The number of halogens is 3. The second-order valence-corrected chi connectivity index (χ2v) is 8.23. The van der Waals surface area contributed by atoms with E-state index in [-0.39, 0.29) is 54.4 Å². The number of non-ortho nitro benzene ring substituents is 1. The number of piperazine rings is 1. The first kappa shape index (κ1) is 27.4. The van der Waals surface area contributed by atoms with E-state index in [9.17, 15) is 15.2 Å². The van der Waals surface area contributed by atoms with Gasteiger partial charge in [0, 0.05) is 65.5 Å². The molecule has 1 N–H and O–H groups in total. The normalized spacial score (nSPS) is 13.8. The third-order valence-electron chi connectivity index (χ3n) is 5.32. The van der Waals surface area contributed by atoms with Gasteiger partial charge in [-0.15, -0.1) is 48.6 Å². The number of aliphatic hydroxyl groups excluding tert-OH is 1. The Morgan fingerprint density at radius 2 is 1.68 bits per heavy atom. The fourth-order valence-corrected chi connectivity index (χ4v) is 4.68. The number of nitro groups is 1. The van der Waals surface area contributed by atoms with E-state index >= 15 is 0 Å². The molecule has 1 saturated heterocycles. The number of nitrogens with zero attached hydrogens (tertiary/aromatic N) is 3. The molecule has 2 aromatic carbocycles. The number of hydrogen-bond donors (Lipinski definition) is 1. The number of thiophene rings is 1. The van der Waals surface area contributed by atoms with E-state index in [1.54, 1.807) is 23.5 Å². The molecule has 4 rings (SSSR count). The first-order valence-electron chi connectivity index (χ1n) is 9.47. The van der Waals surface area contributed by atoms with Crippen LogP contribution in [0.25, 0.3) is 10.1 Å². The molecule has 0 unspecified atom stereocenters. The van der Waals surface area contributed by atoms with Crippen LogP contribution in [0.4, 0.5) is 11.4 Å². The standard InChI is InChI=1S/C21H23N3O3S.3ClH/c25-15-18-14-19-20(2-1-3-21(19)28-18)23-12-10-22(11-13-23)9-8-16-4-6-17(7-5-16)24(26)27;;;/h1-7,14,25H,8-13,15H2;3*1H. The summed E-state index contributed by atoms with van der Waals surface area (Å²) in [5.74, 6) is 0. The molecular weight excluding hydrogens is 481 g/mol. The average molecular weight is 507 g/mol. The topological polar surface area (TPSA) is 69.9 Å². The highest BCUT2D eigenvalue weighted by molar-refractivity contribution is 7.19. The highest BCUT2D eigenvalue weighted by Gasteiger charge is 2.19. The smallest absolute Gasteiger partial charge is 0.269 e. The maximum absolute atomic E-state index is 10.7. The zero-order valence-corrected chi connectivity index (χ0v) is 20.1. The van der Waals surface area contributed by atoms with Crippen molar-refractivity contribution < 1.29 is 10.0 Å². The van der Waals surface area contributed by atoms with Crippen LogP contribution in [-0.2, 0) is 13.0 Å². The summed E-state index contributed by atoms with van der Waals surface area (Å²) in [6.45, 7) is 5.01. The zero-order valence-electron chi connectivity index (χ0n) is 16.8. The molecule has 0 aliphatic carbocycles. The number of anilines is 1. The van der Waals surface area contributed by atoms with E-state index in [0.29, 0.717) is 0 Å². The maximum atomic E-state index is 10.7. The van der Waals surface area contributed by atoms with Crippen molar-refractivity contribution >= 4 is 70.0 Å². The van der Waals surface area contributed by atoms with Crippen LogP contribution in [0.3, 0.4) is 0 Å². The number of benzene rings is 2. The van der Waals surface area contributed by atoms with Gasteiger partial charge in [-0.2, -0.15) is 0 Å². The predicted molar refractivity (Wildman–Crippen MR) is 135 cm³/mol. The lowest BCUT2D eigenvalue weighted by atomic mass is 10.1. The molecule has 2 heterocycles. The summed E-state index contributed by atoms with van der Waals surface area (Å²) in [6.07, 6.45) is 0.901. The Labute approximate surface area is 204 Å². The van der Waals surface area contributed by atoms with Crippen molar-refractivity contribution in [2.75, 3.05) is 37.6 Å². The molecule has 0 radical (unpaired) electrons. The summed E-state index contributed by atoms with van der Waals surface area (Å²) >= 11 is 1.66. The molecule has 0 spiro atoms. The Morgan fingerprint density at radius 1 is 1.00 bits per heavy atom. The first-order chi connectivity index (χ1) is 13.6. The van der Waals surface area contributed by atoms with Gasteiger partial charge in [0.05, 0.1) is 11.5 Å². The zero-order chi connectivity index (χ0) is 19.5. The third kappa shape index (κ3) is 6.44. The molecule has 170 valence electrons. The lowest BCUT2D eigenvalue weighted by Gasteiger charge is -2.36. The van der Waals surface area contributed by atoms with Crippen LogP contribution in [0.2, 0.25) is 0 Å². The van der Waals surface area contributed by atoms with E-state index in [1.807, 2.05) is 12.1 Å². The van der Waals surface area contributed by atoms with E-state index in [2.05, 4.69) is 34.1 Å². The second kappa shape index (κ2) is 12.4. The molecular formula is C21H26Cl3N3O3S. The van der Waals surface area contributed by atoms with Crippen LogP contribution in [0, 0.1) is 10.1 Å². The van der Waals surface area contributed by atoms with Gasteiger partial charge in [-0.1, -0.05) is 18.2 Å². The van der Waals surface area contributed by atoms with E-state index in [0.717, 1.165) is 49.6 Å². The van der Waals surface area contributed by atoms with Gasteiger partial charge in [0.2, 0.25) is 0 Å². The summed E-state index contributed by atoms with van der Waals surface area (Å²) in [5.41, 5.74) is 2.53. The van der Waals surface area contributed by atoms with E-state index in [4.69, 9.17) is 0 Å². The van der Waals surface area contributed by atoms with Crippen LogP contribution in [0.5, 0.6) is 0 Å². The van der Waals surface area contributed by atoms with Gasteiger partial charge in [-0.25, -0.2) is 0 Å². The largest absolute Gasteiger partial charge is 0.391 e. The van der Waals surface area contributed by atoms with Crippen LogP contribution < -0.4 is 4.90 Å². The quantitative estimate of drug-likeness (QED) is 0.379. The van der Waals surface area contributed by atoms with Crippen LogP contribution in [0.15, 0.2) is 48.5 Å². The SMILES string of the molecule is Cl.Cl.Cl.O=[N+]([O-])c1ccc(CCN2CCN(c3cccc4sc(CO)cc34)CC2)cc1. The van der Waals surface area contributed by atoms with E-state index < -0.39 is 0 Å². The molecule has 0 amide bonds. The second-order valence-electron chi connectivity index (χ2n) is 7.06. The van der Waals surface area contributed by atoms with Gasteiger partial charge in [-0.3, -0.25) is 15.0 Å². The molecule has 6 nitrogen and oxygen atoms in total. The van der Waals surface area contributed by atoms with E-state index in [1.165, 1.54) is 15.8 Å². The average Bonchev–Trinajstić information content (AvgIpc) is 3.16. The van der Waals surface area contributed by atoms with Crippen LogP contribution >= 0.6 is 48.6 Å². The van der Waals surface area contributed by atoms with Gasteiger partial charge in [0.1, 0.15) is 0 Å². The molecule has 0 bridgehead atoms. The molecule has 1 aromatic heterocycles. The lowest BCUT2D eigenvalue weighted by molar-refractivity contribution is -0.384. The number of fused-ring (bicyclic) bond motifs is 1. The lowest BCUT2D eigenvalue weighted by Crippen LogP contribution is -2.47. The highest BCUT2D eigenvalue weighted by Crippen LogP contribution is 2.34. The van der Waals surface area contributed by atoms with Crippen LogP contribution in [-0.4, -0.2) is 47.7 Å². The minimum atomic E-state index is -0.361. The minimum Gasteiger partial charge on any atom is -0.391 e. The highest BCUT2D eigenvalue weighted by atomic mass is 35.5. The van der Waals surface area contributed by atoms with Gasteiger partial charge >= 0.3 is 0 Å². The molecule has 1 aliphatic rings. The van der Waals surface area contributed by atoms with Gasteiger partial charge in [0.15, 0.2) is 0 Å². The molecule has 0 saturated carbocycles. The Bertz CT molecular complexity index is 977. The molecule has 10 heteroatoms. The number of aliphatic hydroxyl groups is 1. The Morgan fingerprint density at radius 3 is 2.29 bits per heavy atom. The fourth-order valence-electron chi connectivity index (χ4n) is 3.74.